The Kier molecular flexibility index (Phi) is 5.92. The van der Waals surface area contributed by atoms with Crippen LogP contribution in [0.25, 0.3) is 0 Å². The highest BCUT2D eigenvalue weighted by Gasteiger charge is 2.37. The van der Waals surface area contributed by atoms with Crippen LogP contribution in [0, 0.1) is 9.39 Å². The number of hydrogen-bond acceptors (Lipinski definition) is 2. The van der Waals surface area contributed by atoms with Crippen molar-refractivity contribution in [3.05, 3.63) is 68.5 Å². The predicted octanol–water partition coefficient (Wildman–Crippen LogP) is 4.05. The van der Waals surface area contributed by atoms with Crippen LogP contribution in [-0.4, -0.2) is 47.8 Å². The molecule has 3 rings (SSSR count). The van der Waals surface area contributed by atoms with Crippen molar-refractivity contribution in [3.63, 3.8) is 0 Å². The molecule has 0 atom stereocenters. The number of rotatable bonds is 2. The molecule has 1 heterocycles. The first-order valence-electron chi connectivity index (χ1n) is 8.38. The van der Waals surface area contributed by atoms with Crippen molar-refractivity contribution in [3.8, 4) is 0 Å². The number of amides is 2. The van der Waals surface area contributed by atoms with E-state index in [1.165, 1.54) is 4.90 Å². The number of hydrogen-bond donors (Lipinski definition) is 0. The van der Waals surface area contributed by atoms with E-state index in [0.29, 0.717) is 11.6 Å². The molecule has 1 saturated heterocycles. The third kappa shape index (κ3) is 4.29. The van der Waals surface area contributed by atoms with Crippen LogP contribution in [0.15, 0.2) is 42.5 Å². The molecule has 0 saturated carbocycles. The molecule has 0 bridgehead atoms. The van der Waals surface area contributed by atoms with Crippen LogP contribution in [-0.2, 0) is 6.18 Å². The standard InChI is InChI=1S/C19H15F4IN2O2/c20-12-5-6-13(15(11-12)19(21,22)23)17(27)25-7-9-26(10-8-25)18(28)14-3-1-2-4-16(14)24/h1-6,11H,7-10H2. The smallest absolute Gasteiger partial charge is 0.335 e. The maximum atomic E-state index is 13.2. The number of nitrogens with zero attached hydrogens (tertiary/aromatic N) is 2. The van der Waals surface area contributed by atoms with Crippen LogP contribution in [0.3, 0.4) is 0 Å². The second-order valence-electron chi connectivity index (χ2n) is 6.25. The summed E-state index contributed by atoms with van der Waals surface area (Å²) >= 11 is 2.06. The average Bonchev–Trinajstić information content (AvgIpc) is 2.67. The maximum absolute atomic E-state index is 13.2. The van der Waals surface area contributed by atoms with Crippen molar-refractivity contribution < 1.29 is 27.2 Å². The first kappa shape index (κ1) is 20.6. The Labute approximate surface area is 172 Å². The molecule has 0 aliphatic carbocycles. The number of piperazine rings is 1. The highest BCUT2D eigenvalue weighted by Crippen LogP contribution is 2.33. The minimum atomic E-state index is -4.84. The Morgan fingerprint density at radius 2 is 1.39 bits per heavy atom. The van der Waals surface area contributed by atoms with E-state index in [0.717, 1.165) is 15.7 Å². The van der Waals surface area contributed by atoms with E-state index in [2.05, 4.69) is 22.6 Å². The number of alkyl halides is 3. The first-order valence-corrected chi connectivity index (χ1v) is 9.46. The van der Waals surface area contributed by atoms with Crippen molar-refractivity contribution >= 4 is 34.4 Å². The second-order valence-corrected chi connectivity index (χ2v) is 7.41. The lowest BCUT2D eigenvalue weighted by molar-refractivity contribution is -0.138. The van der Waals surface area contributed by atoms with Crippen LogP contribution in [0.5, 0.6) is 0 Å². The highest BCUT2D eigenvalue weighted by atomic mass is 127. The van der Waals surface area contributed by atoms with E-state index in [4.69, 9.17) is 0 Å². The third-order valence-corrected chi connectivity index (χ3v) is 5.42. The van der Waals surface area contributed by atoms with Crippen LogP contribution in [0.1, 0.15) is 26.3 Å². The molecule has 0 radical (unpaired) electrons. The molecule has 2 aromatic carbocycles. The van der Waals surface area contributed by atoms with E-state index in [-0.39, 0.29) is 32.1 Å². The van der Waals surface area contributed by atoms with E-state index in [1.807, 2.05) is 6.07 Å². The summed E-state index contributed by atoms with van der Waals surface area (Å²) in [6, 6.07) is 9.09. The first-order chi connectivity index (χ1) is 13.2. The van der Waals surface area contributed by atoms with Crippen molar-refractivity contribution in [2.24, 2.45) is 0 Å². The molecule has 148 valence electrons. The Morgan fingerprint density at radius 3 is 1.93 bits per heavy atom. The molecule has 2 amide bonds. The second kappa shape index (κ2) is 8.06. The fourth-order valence-corrected chi connectivity index (χ4v) is 3.64. The van der Waals surface area contributed by atoms with Crippen LogP contribution in [0.4, 0.5) is 17.6 Å². The number of carbonyl (C=O) groups excluding carboxylic acids is 2. The molecule has 2 aromatic rings. The van der Waals surface area contributed by atoms with Gasteiger partial charge >= 0.3 is 6.18 Å². The Hall–Kier alpha value is -2.17. The monoisotopic (exact) mass is 506 g/mol. The topological polar surface area (TPSA) is 40.6 Å². The van der Waals surface area contributed by atoms with Gasteiger partial charge in [-0.3, -0.25) is 9.59 Å². The predicted molar refractivity (Wildman–Crippen MR) is 102 cm³/mol. The molecule has 1 aliphatic rings. The number of carbonyl (C=O) groups is 2. The largest absolute Gasteiger partial charge is 0.417 e. The van der Waals surface area contributed by atoms with Gasteiger partial charge in [-0.2, -0.15) is 13.2 Å². The molecule has 0 spiro atoms. The van der Waals surface area contributed by atoms with Gasteiger partial charge in [-0.25, -0.2) is 4.39 Å². The van der Waals surface area contributed by atoms with Crippen molar-refractivity contribution in [2.75, 3.05) is 26.2 Å². The Morgan fingerprint density at radius 1 is 0.857 bits per heavy atom. The van der Waals surface area contributed by atoms with Crippen LogP contribution < -0.4 is 0 Å². The average molecular weight is 506 g/mol. The normalized spacial score (nSPS) is 14.9. The lowest BCUT2D eigenvalue weighted by Crippen LogP contribution is -2.51. The molecule has 9 heteroatoms. The maximum Gasteiger partial charge on any atom is 0.417 e. The summed E-state index contributed by atoms with van der Waals surface area (Å²) < 4.78 is 53.5. The van der Waals surface area contributed by atoms with Gasteiger partial charge in [0.25, 0.3) is 11.8 Å². The van der Waals surface area contributed by atoms with E-state index in [9.17, 15) is 27.2 Å². The Balaban J connectivity index is 1.73. The van der Waals surface area contributed by atoms with Gasteiger partial charge in [0.15, 0.2) is 0 Å². The van der Waals surface area contributed by atoms with Gasteiger partial charge in [-0.1, -0.05) is 12.1 Å². The van der Waals surface area contributed by atoms with Crippen molar-refractivity contribution in [1.29, 1.82) is 0 Å². The Bertz CT molecular complexity index is 909. The fourth-order valence-electron chi connectivity index (χ4n) is 3.03. The molecule has 0 aromatic heterocycles. The lowest BCUT2D eigenvalue weighted by atomic mass is 10.0. The van der Waals surface area contributed by atoms with E-state index >= 15 is 0 Å². The van der Waals surface area contributed by atoms with Gasteiger partial charge in [0.1, 0.15) is 5.82 Å². The van der Waals surface area contributed by atoms with Gasteiger partial charge < -0.3 is 9.80 Å². The zero-order valence-electron chi connectivity index (χ0n) is 14.5. The molecular formula is C19H15F4IN2O2. The summed E-state index contributed by atoms with van der Waals surface area (Å²) in [5.41, 5.74) is -1.35. The van der Waals surface area contributed by atoms with Gasteiger partial charge in [0.2, 0.25) is 0 Å². The van der Waals surface area contributed by atoms with Gasteiger partial charge in [-0.05, 0) is 52.9 Å². The molecule has 28 heavy (non-hydrogen) atoms. The van der Waals surface area contributed by atoms with Gasteiger partial charge in [-0.15, -0.1) is 0 Å². The van der Waals surface area contributed by atoms with E-state index in [1.54, 1.807) is 23.1 Å². The number of benzene rings is 2. The molecule has 0 unspecified atom stereocenters. The molecule has 0 N–H and O–H groups in total. The zero-order chi connectivity index (χ0) is 20.5. The molecule has 4 nitrogen and oxygen atoms in total. The summed E-state index contributed by atoms with van der Waals surface area (Å²) in [6.45, 7) is 0.613. The minimum absolute atomic E-state index is 0.0999. The van der Waals surface area contributed by atoms with Gasteiger partial charge in [0.05, 0.1) is 16.7 Å². The van der Waals surface area contributed by atoms with Crippen molar-refractivity contribution in [1.82, 2.24) is 9.80 Å². The lowest BCUT2D eigenvalue weighted by Gasteiger charge is -2.35. The minimum Gasteiger partial charge on any atom is -0.335 e. The molecular weight excluding hydrogens is 491 g/mol. The van der Waals surface area contributed by atoms with Crippen molar-refractivity contribution in [2.45, 2.75) is 6.18 Å². The molecule has 1 aliphatic heterocycles. The van der Waals surface area contributed by atoms with Gasteiger partial charge in [0, 0.05) is 29.7 Å². The summed E-state index contributed by atoms with van der Waals surface area (Å²) in [5, 5.41) is 0. The summed E-state index contributed by atoms with van der Waals surface area (Å²) in [4.78, 5) is 28.0. The molecule has 1 fully saturated rings. The van der Waals surface area contributed by atoms with Crippen LogP contribution in [0.2, 0.25) is 0 Å². The summed E-state index contributed by atoms with van der Waals surface area (Å²) in [6.07, 6.45) is -4.84. The highest BCUT2D eigenvalue weighted by molar-refractivity contribution is 14.1. The third-order valence-electron chi connectivity index (χ3n) is 4.48. The zero-order valence-corrected chi connectivity index (χ0v) is 16.6. The number of halogens is 5. The fraction of sp³-hybridized carbons (Fsp3) is 0.263. The summed E-state index contributed by atoms with van der Waals surface area (Å²) in [5.74, 6) is -2.07. The van der Waals surface area contributed by atoms with Crippen LogP contribution >= 0.6 is 22.6 Å². The quantitative estimate of drug-likeness (QED) is 0.456. The van der Waals surface area contributed by atoms with E-state index < -0.39 is 29.0 Å². The SMILES string of the molecule is O=C(c1ccccc1I)N1CCN(C(=O)c2ccc(F)cc2C(F)(F)F)CC1. The summed E-state index contributed by atoms with van der Waals surface area (Å²) in [7, 11) is 0.